The SMILES string of the molecule is Cc1ccnc(NCc2ccccc2C(F)(F)F)n1. The van der Waals surface area contributed by atoms with Gasteiger partial charge in [0.25, 0.3) is 0 Å². The van der Waals surface area contributed by atoms with Gasteiger partial charge in [-0.2, -0.15) is 13.2 Å². The second-order valence-electron chi connectivity index (χ2n) is 4.03. The van der Waals surface area contributed by atoms with Gasteiger partial charge >= 0.3 is 6.18 Å². The summed E-state index contributed by atoms with van der Waals surface area (Å²) in [5.74, 6) is 0.317. The summed E-state index contributed by atoms with van der Waals surface area (Å²) in [5.41, 5.74) is 0.275. The number of aromatic nitrogens is 2. The molecule has 3 nitrogen and oxygen atoms in total. The van der Waals surface area contributed by atoms with Crippen molar-refractivity contribution in [1.82, 2.24) is 9.97 Å². The molecule has 6 heteroatoms. The Kier molecular flexibility index (Phi) is 3.69. The number of hydrogen-bond donors (Lipinski definition) is 1. The number of nitrogens with one attached hydrogen (secondary N) is 1. The van der Waals surface area contributed by atoms with Gasteiger partial charge in [0.15, 0.2) is 0 Å². The van der Waals surface area contributed by atoms with Gasteiger partial charge in [-0.1, -0.05) is 18.2 Å². The zero-order chi connectivity index (χ0) is 13.9. The first-order valence-corrected chi connectivity index (χ1v) is 5.65. The van der Waals surface area contributed by atoms with Gasteiger partial charge in [-0.3, -0.25) is 0 Å². The Morgan fingerprint density at radius 2 is 1.89 bits per heavy atom. The van der Waals surface area contributed by atoms with Crippen molar-refractivity contribution in [3.63, 3.8) is 0 Å². The zero-order valence-electron chi connectivity index (χ0n) is 10.2. The average Bonchev–Trinajstić information content (AvgIpc) is 2.36. The van der Waals surface area contributed by atoms with E-state index in [4.69, 9.17) is 0 Å². The predicted octanol–water partition coefficient (Wildman–Crippen LogP) is 3.42. The van der Waals surface area contributed by atoms with Gasteiger partial charge in [0.05, 0.1) is 5.56 Å². The summed E-state index contributed by atoms with van der Waals surface area (Å²) in [4.78, 5) is 8.02. The third-order valence-electron chi connectivity index (χ3n) is 2.55. The van der Waals surface area contributed by atoms with Crippen LogP contribution in [-0.4, -0.2) is 9.97 Å². The van der Waals surface area contributed by atoms with Crippen molar-refractivity contribution in [2.75, 3.05) is 5.32 Å². The molecule has 1 N–H and O–H groups in total. The summed E-state index contributed by atoms with van der Waals surface area (Å²) in [6.45, 7) is 1.82. The number of hydrogen-bond acceptors (Lipinski definition) is 3. The van der Waals surface area contributed by atoms with Crippen LogP contribution in [0.4, 0.5) is 19.1 Å². The predicted molar refractivity (Wildman–Crippen MR) is 65.5 cm³/mol. The lowest BCUT2D eigenvalue weighted by atomic mass is 10.1. The molecule has 0 bridgehead atoms. The first kappa shape index (κ1) is 13.3. The molecule has 0 aliphatic carbocycles. The molecule has 0 atom stereocenters. The number of aryl methyl sites for hydroxylation is 1. The fraction of sp³-hybridized carbons (Fsp3) is 0.231. The minimum Gasteiger partial charge on any atom is -0.350 e. The molecule has 0 spiro atoms. The van der Waals surface area contributed by atoms with Crippen LogP contribution in [0, 0.1) is 6.92 Å². The minimum absolute atomic E-state index is 0.0269. The van der Waals surface area contributed by atoms with Crippen LogP contribution in [0.25, 0.3) is 0 Å². The molecule has 0 saturated carbocycles. The van der Waals surface area contributed by atoms with E-state index in [1.165, 1.54) is 12.1 Å². The van der Waals surface area contributed by atoms with Crippen LogP contribution >= 0.6 is 0 Å². The fourth-order valence-electron chi connectivity index (χ4n) is 1.66. The van der Waals surface area contributed by atoms with E-state index in [1.54, 1.807) is 25.3 Å². The third kappa shape index (κ3) is 3.43. The van der Waals surface area contributed by atoms with Crippen LogP contribution in [0.2, 0.25) is 0 Å². The highest BCUT2D eigenvalue weighted by molar-refractivity contribution is 5.34. The second-order valence-corrected chi connectivity index (χ2v) is 4.03. The topological polar surface area (TPSA) is 37.8 Å². The van der Waals surface area contributed by atoms with Crippen LogP contribution in [0.1, 0.15) is 16.8 Å². The maximum atomic E-state index is 12.8. The van der Waals surface area contributed by atoms with Crippen molar-refractivity contribution >= 4 is 5.95 Å². The van der Waals surface area contributed by atoms with Gasteiger partial charge in [-0.15, -0.1) is 0 Å². The van der Waals surface area contributed by atoms with Crippen LogP contribution in [-0.2, 0) is 12.7 Å². The molecule has 0 radical (unpaired) electrons. The fourth-order valence-corrected chi connectivity index (χ4v) is 1.66. The molecule has 0 saturated heterocycles. The van der Waals surface area contributed by atoms with E-state index < -0.39 is 11.7 Å². The molecule has 0 aliphatic heterocycles. The quantitative estimate of drug-likeness (QED) is 0.926. The summed E-state index contributed by atoms with van der Waals surface area (Å²) in [5, 5.41) is 2.79. The van der Waals surface area contributed by atoms with Crippen LogP contribution in [0.3, 0.4) is 0 Å². The van der Waals surface area contributed by atoms with Gasteiger partial charge in [-0.25, -0.2) is 9.97 Å². The lowest BCUT2D eigenvalue weighted by Crippen LogP contribution is -2.12. The lowest BCUT2D eigenvalue weighted by Gasteiger charge is -2.13. The van der Waals surface area contributed by atoms with Crippen LogP contribution in [0.5, 0.6) is 0 Å². The molecule has 1 heterocycles. The Hall–Kier alpha value is -2.11. The number of alkyl halides is 3. The van der Waals surface area contributed by atoms with Gasteiger partial charge in [-0.05, 0) is 24.6 Å². The van der Waals surface area contributed by atoms with Gasteiger partial charge in [0.2, 0.25) is 5.95 Å². The van der Waals surface area contributed by atoms with E-state index in [2.05, 4.69) is 15.3 Å². The average molecular weight is 267 g/mol. The zero-order valence-corrected chi connectivity index (χ0v) is 10.2. The van der Waals surface area contributed by atoms with Gasteiger partial charge in [0.1, 0.15) is 0 Å². The van der Waals surface area contributed by atoms with E-state index in [0.717, 1.165) is 11.8 Å². The highest BCUT2D eigenvalue weighted by Crippen LogP contribution is 2.31. The Morgan fingerprint density at radius 3 is 2.58 bits per heavy atom. The molecule has 19 heavy (non-hydrogen) atoms. The molecule has 0 aliphatic rings. The Bertz CT molecular complexity index is 567. The molecule has 1 aromatic carbocycles. The monoisotopic (exact) mass is 267 g/mol. The van der Waals surface area contributed by atoms with E-state index in [0.29, 0.717) is 5.95 Å². The maximum Gasteiger partial charge on any atom is 0.416 e. The number of nitrogens with zero attached hydrogens (tertiary/aromatic N) is 2. The Balaban J connectivity index is 2.16. The number of rotatable bonds is 3. The first-order valence-electron chi connectivity index (χ1n) is 5.65. The summed E-state index contributed by atoms with van der Waals surface area (Å²) in [7, 11) is 0. The van der Waals surface area contributed by atoms with E-state index in [1.807, 2.05) is 0 Å². The molecule has 0 unspecified atom stereocenters. The van der Waals surface area contributed by atoms with Gasteiger partial charge in [0, 0.05) is 18.4 Å². The standard InChI is InChI=1S/C13H12F3N3/c1-9-6-7-17-12(19-9)18-8-10-4-2-3-5-11(10)13(14,15)16/h2-7H,8H2,1H3,(H,17,18,19). The van der Waals surface area contributed by atoms with Crippen molar-refractivity contribution in [3.8, 4) is 0 Å². The van der Waals surface area contributed by atoms with E-state index in [9.17, 15) is 13.2 Å². The van der Waals surface area contributed by atoms with Crippen molar-refractivity contribution in [2.24, 2.45) is 0 Å². The summed E-state index contributed by atoms with van der Waals surface area (Å²) in [6.07, 6.45) is -2.80. The van der Waals surface area contributed by atoms with Gasteiger partial charge < -0.3 is 5.32 Å². The van der Waals surface area contributed by atoms with Crippen LogP contribution < -0.4 is 5.32 Å². The Morgan fingerprint density at radius 1 is 1.16 bits per heavy atom. The molecule has 0 amide bonds. The van der Waals surface area contributed by atoms with Crippen LogP contribution in [0.15, 0.2) is 36.5 Å². The summed E-state index contributed by atoms with van der Waals surface area (Å²) >= 11 is 0. The van der Waals surface area contributed by atoms with Crippen molar-refractivity contribution in [2.45, 2.75) is 19.6 Å². The largest absolute Gasteiger partial charge is 0.416 e. The molecule has 2 rings (SSSR count). The number of benzene rings is 1. The number of halogens is 3. The normalized spacial score (nSPS) is 11.4. The minimum atomic E-state index is -4.36. The first-order chi connectivity index (χ1) is 8.97. The molecule has 1 aromatic heterocycles. The third-order valence-corrected chi connectivity index (χ3v) is 2.55. The molecule has 100 valence electrons. The van der Waals surface area contributed by atoms with E-state index in [-0.39, 0.29) is 12.1 Å². The van der Waals surface area contributed by atoms with Crippen molar-refractivity contribution in [3.05, 3.63) is 53.3 Å². The van der Waals surface area contributed by atoms with Crippen molar-refractivity contribution < 1.29 is 13.2 Å². The smallest absolute Gasteiger partial charge is 0.350 e. The maximum absolute atomic E-state index is 12.8. The highest BCUT2D eigenvalue weighted by atomic mass is 19.4. The second kappa shape index (κ2) is 5.26. The molecular weight excluding hydrogens is 255 g/mol. The van der Waals surface area contributed by atoms with Crippen molar-refractivity contribution in [1.29, 1.82) is 0 Å². The summed E-state index contributed by atoms with van der Waals surface area (Å²) in [6, 6.07) is 7.16. The highest BCUT2D eigenvalue weighted by Gasteiger charge is 2.32. The number of anilines is 1. The molecule has 0 fully saturated rings. The molecule has 2 aromatic rings. The summed E-state index contributed by atoms with van der Waals surface area (Å²) < 4.78 is 38.3. The van der Waals surface area contributed by atoms with E-state index >= 15 is 0 Å². The Labute approximate surface area is 108 Å². The lowest BCUT2D eigenvalue weighted by molar-refractivity contribution is -0.138. The molecular formula is C13H12F3N3.